The molecule has 0 bridgehead atoms. The Labute approximate surface area is 133 Å². The van der Waals surface area contributed by atoms with Crippen molar-refractivity contribution in [1.82, 2.24) is 9.88 Å². The first-order valence-electron chi connectivity index (χ1n) is 6.49. The summed E-state index contributed by atoms with van der Waals surface area (Å²) in [5.41, 5.74) is 1.40. The van der Waals surface area contributed by atoms with Crippen LogP contribution in [0.3, 0.4) is 0 Å². The SMILES string of the molecule is Cn1c(C(=O)N[C@H](CO)Cc2ccccc2)cc(Cl)c1Cl. The molecule has 0 spiro atoms. The van der Waals surface area contributed by atoms with E-state index in [0.717, 1.165) is 5.56 Å². The van der Waals surface area contributed by atoms with E-state index >= 15 is 0 Å². The van der Waals surface area contributed by atoms with Gasteiger partial charge in [0.05, 0.1) is 17.7 Å². The minimum absolute atomic E-state index is 0.146. The van der Waals surface area contributed by atoms with Gasteiger partial charge < -0.3 is 15.0 Å². The number of rotatable bonds is 5. The summed E-state index contributed by atoms with van der Waals surface area (Å²) in [6.45, 7) is -0.146. The lowest BCUT2D eigenvalue weighted by Crippen LogP contribution is -2.39. The van der Waals surface area contributed by atoms with E-state index in [1.807, 2.05) is 30.3 Å². The van der Waals surface area contributed by atoms with Crippen molar-refractivity contribution in [3.8, 4) is 0 Å². The van der Waals surface area contributed by atoms with Gasteiger partial charge in [-0.15, -0.1) is 0 Å². The van der Waals surface area contributed by atoms with Gasteiger partial charge in [-0.3, -0.25) is 4.79 Å². The molecule has 0 aliphatic heterocycles. The maximum Gasteiger partial charge on any atom is 0.268 e. The molecule has 112 valence electrons. The molecule has 1 atom stereocenters. The van der Waals surface area contributed by atoms with Crippen molar-refractivity contribution in [3.63, 3.8) is 0 Å². The molecule has 2 aromatic rings. The van der Waals surface area contributed by atoms with E-state index in [1.54, 1.807) is 7.05 Å². The maximum absolute atomic E-state index is 12.2. The Kier molecular flexibility index (Phi) is 5.28. The van der Waals surface area contributed by atoms with Gasteiger partial charge in [-0.25, -0.2) is 0 Å². The zero-order valence-electron chi connectivity index (χ0n) is 11.5. The van der Waals surface area contributed by atoms with Gasteiger partial charge in [0, 0.05) is 7.05 Å². The number of nitrogens with zero attached hydrogens (tertiary/aromatic N) is 1. The van der Waals surface area contributed by atoms with E-state index in [1.165, 1.54) is 10.6 Å². The van der Waals surface area contributed by atoms with E-state index in [2.05, 4.69) is 5.32 Å². The van der Waals surface area contributed by atoms with E-state index in [9.17, 15) is 9.90 Å². The van der Waals surface area contributed by atoms with Gasteiger partial charge in [-0.05, 0) is 18.1 Å². The summed E-state index contributed by atoms with van der Waals surface area (Å²) in [6, 6.07) is 10.8. The van der Waals surface area contributed by atoms with E-state index in [0.29, 0.717) is 22.3 Å². The molecule has 21 heavy (non-hydrogen) atoms. The first-order chi connectivity index (χ1) is 10.0. The topological polar surface area (TPSA) is 54.3 Å². The van der Waals surface area contributed by atoms with Crippen LogP contribution in [-0.4, -0.2) is 28.2 Å². The number of carbonyl (C=O) groups is 1. The average molecular weight is 327 g/mol. The van der Waals surface area contributed by atoms with E-state index in [-0.39, 0.29) is 18.6 Å². The molecule has 2 N–H and O–H groups in total. The smallest absolute Gasteiger partial charge is 0.268 e. The van der Waals surface area contributed by atoms with Crippen LogP contribution in [0.5, 0.6) is 0 Å². The second kappa shape index (κ2) is 6.98. The molecule has 1 aromatic carbocycles. The monoisotopic (exact) mass is 326 g/mol. The Bertz CT molecular complexity index is 626. The van der Waals surface area contributed by atoms with Crippen LogP contribution in [0.4, 0.5) is 0 Å². The Morgan fingerprint density at radius 3 is 2.52 bits per heavy atom. The van der Waals surface area contributed by atoms with Gasteiger partial charge in [-0.2, -0.15) is 0 Å². The van der Waals surface area contributed by atoms with Crippen molar-refractivity contribution in [2.24, 2.45) is 7.05 Å². The predicted octanol–water partition coefficient (Wildman–Crippen LogP) is 2.67. The average Bonchev–Trinajstić information content (AvgIpc) is 2.75. The number of aromatic nitrogens is 1. The van der Waals surface area contributed by atoms with Crippen molar-refractivity contribution in [3.05, 3.63) is 57.8 Å². The van der Waals surface area contributed by atoms with Crippen LogP contribution in [0.25, 0.3) is 0 Å². The molecular weight excluding hydrogens is 311 g/mol. The van der Waals surface area contributed by atoms with E-state index in [4.69, 9.17) is 23.2 Å². The van der Waals surface area contributed by atoms with Crippen LogP contribution in [0.15, 0.2) is 36.4 Å². The number of hydrogen-bond donors (Lipinski definition) is 2. The third-order valence-corrected chi connectivity index (χ3v) is 4.07. The number of nitrogens with one attached hydrogen (secondary N) is 1. The lowest BCUT2D eigenvalue weighted by atomic mass is 10.1. The molecule has 1 heterocycles. The van der Waals surface area contributed by atoms with Crippen molar-refractivity contribution in [2.45, 2.75) is 12.5 Å². The van der Waals surface area contributed by atoms with Gasteiger partial charge in [-0.1, -0.05) is 53.5 Å². The molecule has 4 nitrogen and oxygen atoms in total. The van der Waals surface area contributed by atoms with Crippen LogP contribution < -0.4 is 5.32 Å². The molecule has 0 saturated carbocycles. The van der Waals surface area contributed by atoms with Crippen molar-refractivity contribution < 1.29 is 9.90 Å². The molecule has 0 radical (unpaired) electrons. The summed E-state index contributed by atoms with van der Waals surface area (Å²) in [4.78, 5) is 12.2. The molecular formula is C15H16Cl2N2O2. The van der Waals surface area contributed by atoms with Crippen molar-refractivity contribution in [1.29, 1.82) is 0 Å². The van der Waals surface area contributed by atoms with Gasteiger partial charge in [0.25, 0.3) is 5.91 Å². The third-order valence-electron chi connectivity index (χ3n) is 3.23. The van der Waals surface area contributed by atoms with E-state index < -0.39 is 0 Å². The van der Waals surface area contributed by atoms with Crippen LogP contribution in [-0.2, 0) is 13.5 Å². The minimum atomic E-state index is -0.368. The number of carbonyl (C=O) groups excluding carboxylic acids is 1. The Balaban J connectivity index is 2.07. The standard InChI is InChI=1S/C15H16Cl2N2O2/c1-19-13(8-12(16)14(19)17)15(21)18-11(9-20)7-10-5-3-2-4-6-10/h2-6,8,11,20H,7,9H2,1H3,(H,18,21)/t11-/m0/s1. The normalized spacial score (nSPS) is 12.2. The minimum Gasteiger partial charge on any atom is -0.394 e. The molecule has 1 amide bonds. The van der Waals surface area contributed by atoms with Gasteiger partial charge >= 0.3 is 0 Å². The zero-order chi connectivity index (χ0) is 15.4. The molecule has 2 rings (SSSR count). The number of benzene rings is 1. The number of aliphatic hydroxyl groups is 1. The van der Waals surface area contributed by atoms with Crippen LogP contribution >= 0.6 is 23.2 Å². The Morgan fingerprint density at radius 1 is 1.33 bits per heavy atom. The highest BCUT2D eigenvalue weighted by atomic mass is 35.5. The second-order valence-electron chi connectivity index (χ2n) is 4.77. The molecule has 1 aromatic heterocycles. The van der Waals surface area contributed by atoms with Crippen molar-refractivity contribution >= 4 is 29.1 Å². The molecule has 0 fully saturated rings. The summed E-state index contributed by atoms with van der Waals surface area (Å²) < 4.78 is 1.51. The Hall–Kier alpha value is -1.49. The summed E-state index contributed by atoms with van der Waals surface area (Å²) in [6.07, 6.45) is 0.551. The van der Waals surface area contributed by atoms with Crippen molar-refractivity contribution in [2.75, 3.05) is 6.61 Å². The fourth-order valence-corrected chi connectivity index (χ4v) is 2.46. The molecule has 0 saturated heterocycles. The number of hydrogen-bond acceptors (Lipinski definition) is 2. The number of halogens is 2. The number of amides is 1. The lowest BCUT2D eigenvalue weighted by Gasteiger charge is -2.16. The van der Waals surface area contributed by atoms with Crippen LogP contribution in [0.2, 0.25) is 10.2 Å². The van der Waals surface area contributed by atoms with Gasteiger partial charge in [0.1, 0.15) is 10.8 Å². The van der Waals surface area contributed by atoms with Gasteiger partial charge in [0.2, 0.25) is 0 Å². The van der Waals surface area contributed by atoms with Gasteiger partial charge in [0.15, 0.2) is 0 Å². The highest BCUT2D eigenvalue weighted by molar-refractivity contribution is 6.41. The summed E-state index contributed by atoms with van der Waals surface area (Å²) in [5, 5.41) is 12.9. The molecule has 6 heteroatoms. The lowest BCUT2D eigenvalue weighted by molar-refractivity contribution is 0.0908. The first kappa shape index (κ1) is 15.9. The molecule has 0 aliphatic carbocycles. The Morgan fingerprint density at radius 2 is 2.00 bits per heavy atom. The predicted molar refractivity (Wildman–Crippen MR) is 83.9 cm³/mol. The quantitative estimate of drug-likeness (QED) is 0.887. The summed E-state index contributed by atoms with van der Waals surface area (Å²) >= 11 is 11.8. The second-order valence-corrected chi connectivity index (χ2v) is 5.54. The highest BCUT2D eigenvalue weighted by Crippen LogP contribution is 2.25. The third kappa shape index (κ3) is 3.79. The van der Waals surface area contributed by atoms with Crippen LogP contribution in [0.1, 0.15) is 16.1 Å². The molecule has 0 unspecified atom stereocenters. The summed E-state index contributed by atoms with van der Waals surface area (Å²) in [7, 11) is 1.66. The first-order valence-corrected chi connectivity index (χ1v) is 7.25. The fraction of sp³-hybridized carbons (Fsp3) is 0.267. The maximum atomic E-state index is 12.2. The fourth-order valence-electron chi connectivity index (χ4n) is 2.08. The number of aliphatic hydroxyl groups excluding tert-OH is 1. The highest BCUT2D eigenvalue weighted by Gasteiger charge is 2.19. The molecule has 0 aliphatic rings. The largest absolute Gasteiger partial charge is 0.394 e. The zero-order valence-corrected chi connectivity index (χ0v) is 13.0. The summed E-state index contributed by atoms with van der Waals surface area (Å²) in [5.74, 6) is -0.318. The van der Waals surface area contributed by atoms with Crippen LogP contribution in [0, 0.1) is 0 Å².